The van der Waals surface area contributed by atoms with Crippen molar-refractivity contribution < 1.29 is 9.90 Å². The number of nitrogens with zero attached hydrogens (tertiary/aromatic N) is 3. The van der Waals surface area contributed by atoms with Gasteiger partial charge in [-0.25, -0.2) is 9.67 Å². The second-order valence-corrected chi connectivity index (χ2v) is 4.26. The lowest BCUT2D eigenvalue weighted by Gasteiger charge is -1.99. The van der Waals surface area contributed by atoms with Crippen molar-refractivity contribution in [3.8, 4) is 11.4 Å². The summed E-state index contributed by atoms with van der Waals surface area (Å²) in [6, 6.07) is 1.87. The molecule has 0 bridgehead atoms. The highest BCUT2D eigenvalue weighted by Gasteiger charge is 2.12. The molecule has 0 saturated carbocycles. The molecule has 78 valence electrons. The molecule has 2 heterocycles. The first-order valence-electron chi connectivity index (χ1n) is 4.01. The Kier molecular flexibility index (Phi) is 2.83. The number of hydrogen-bond donors (Lipinski definition) is 1. The average molecular weight is 288 g/mol. The van der Waals surface area contributed by atoms with Crippen molar-refractivity contribution in [3.63, 3.8) is 0 Å². The number of aliphatic carboxylic acids is 1. The molecule has 15 heavy (non-hydrogen) atoms. The van der Waals surface area contributed by atoms with E-state index in [0.29, 0.717) is 10.6 Å². The van der Waals surface area contributed by atoms with Gasteiger partial charge in [0.1, 0.15) is 6.54 Å². The van der Waals surface area contributed by atoms with Crippen molar-refractivity contribution in [1.29, 1.82) is 0 Å². The van der Waals surface area contributed by atoms with Gasteiger partial charge in [-0.2, -0.15) is 11.3 Å². The predicted molar refractivity (Wildman–Crippen MR) is 58.7 cm³/mol. The summed E-state index contributed by atoms with van der Waals surface area (Å²) >= 11 is 4.65. The van der Waals surface area contributed by atoms with Gasteiger partial charge in [0.05, 0.1) is 0 Å². The Morgan fingerprint density at radius 3 is 3.07 bits per heavy atom. The smallest absolute Gasteiger partial charge is 0.325 e. The van der Waals surface area contributed by atoms with Gasteiger partial charge in [-0.1, -0.05) is 0 Å². The van der Waals surface area contributed by atoms with Crippen molar-refractivity contribution in [1.82, 2.24) is 14.8 Å². The van der Waals surface area contributed by atoms with E-state index >= 15 is 0 Å². The number of aromatic nitrogens is 3. The van der Waals surface area contributed by atoms with Gasteiger partial charge in [-0.3, -0.25) is 4.79 Å². The molecule has 0 radical (unpaired) electrons. The number of carbonyl (C=O) groups is 1. The van der Waals surface area contributed by atoms with Gasteiger partial charge in [0, 0.05) is 10.9 Å². The van der Waals surface area contributed by atoms with Crippen molar-refractivity contribution in [2.45, 2.75) is 6.54 Å². The van der Waals surface area contributed by atoms with Gasteiger partial charge in [-0.15, -0.1) is 5.10 Å². The van der Waals surface area contributed by atoms with Crippen LogP contribution in [0.3, 0.4) is 0 Å². The lowest BCUT2D eigenvalue weighted by molar-refractivity contribution is -0.137. The van der Waals surface area contributed by atoms with Crippen LogP contribution in [0.4, 0.5) is 0 Å². The maximum absolute atomic E-state index is 10.6. The highest BCUT2D eigenvalue weighted by Crippen LogP contribution is 2.21. The third kappa shape index (κ3) is 2.24. The summed E-state index contributed by atoms with van der Waals surface area (Å²) in [5, 5.41) is 16.5. The van der Waals surface area contributed by atoms with Crippen molar-refractivity contribution in [2.24, 2.45) is 0 Å². The van der Waals surface area contributed by atoms with Gasteiger partial charge in [0.2, 0.25) is 4.73 Å². The van der Waals surface area contributed by atoms with Crippen LogP contribution in [-0.4, -0.2) is 25.8 Å². The van der Waals surface area contributed by atoms with Crippen LogP contribution >= 0.6 is 27.3 Å². The molecule has 5 nitrogen and oxygen atoms in total. The predicted octanol–water partition coefficient (Wildman–Crippen LogP) is 1.85. The topological polar surface area (TPSA) is 68.0 Å². The Labute approximate surface area is 97.5 Å². The number of carboxylic acid groups (broad SMARTS) is 1. The minimum atomic E-state index is -0.941. The van der Waals surface area contributed by atoms with Gasteiger partial charge in [0.15, 0.2) is 5.82 Å². The number of hydrogen-bond acceptors (Lipinski definition) is 4. The number of carboxylic acids is 1. The minimum Gasteiger partial charge on any atom is -0.480 e. The van der Waals surface area contributed by atoms with Crippen LogP contribution in [0.15, 0.2) is 21.6 Å². The van der Waals surface area contributed by atoms with Crippen LogP contribution in [0.5, 0.6) is 0 Å². The summed E-state index contributed by atoms with van der Waals surface area (Å²) in [6.07, 6.45) is 0. The largest absolute Gasteiger partial charge is 0.480 e. The molecule has 0 aliphatic heterocycles. The molecule has 0 fully saturated rings. The maximum Gasteiger partial charge on any atom is 0.325 e. The zero-order chi connectivity index (χ0) is 10.8. The fraction of sp³-hybridized carbons (Fsp3) is 0.125. The third-order valence-corrected chi connectivity index (χ3v) is 2.73. The van der Waals surface area contributed by atoms with Crippen LogP contribution in [0.2, 0.25) is 0 Å². The molecule has 0 aromatic carbocycles. The SMILES string of the molecule is O=C(O)Cn1nc(Br)nc1-c1ccsc1. The standard InChI is InChI=1S/C8H6BrN3O2S/c9-8-10-7(5-1-2-15-4-5)12(11-8)3-6(13)14/h1-2,4H,3H2,(H,13,14). The lowest BCUT2D eigenvalue weighted by Crippen LogP contribution is -2.11. The Morgan fingerprint density at radius 2 is 2.47 bits per heavy atom. The molecule has 0 unspecified atom stereocenters. The summed E-state index contributed by atoms with van der Waals surface area (Å²) < 4.78 is 1.75. The summed E-state index contributed by atoms with van der Waals surface area (Å²) in [4.78, 5) is 14.7. The molecule has 2 rings (SSSR count). The van der Waals surface area contributed by atoms with E-state index in [9.17, 15) is 4.79 Å². The van der Waals surface area contributed by atoms with E-state index in [0.717, 1.165) is 5.56 Å². The molecule has 0 saturated heterocycles. The Bertz CT molecular complexity index is 480. The third-order valence-electron chi connectivity index (χ3n) is 1.71. The van der Waals surface area contributed by atoms with E-state index in [1.165, 1.54) is 16.0 Å². The first kappa shape index (κ1) is 10.3. The molecule has 2 aromatic rings. The molecular formula is C8H6BrN3O2S. The highest BCUT2D eigenvalue weighted by molar-refractivity contribution is 9.10. The molecule has 1 N–H and O–H groups in total. The second kappa shape index (κ2) is 4.11. The van der Waals surface area contributed by atoms with Crippen LogP contribution in [-0.2, 0) is 11.3 Å². The zero-order valence-electron chi connectivity index (χ0n) is 7.42. The molecular weight excluding hydrogens is 282 g/mol. The van der Waals surface area contributed by atoms with E-state index in [2.05, 4.69) is 26.0 Å². The Morgan fingerprint density at radius 1 is 1.67 bits per heavy atom. The maximum atomic E-state index is 10.6. The van der Waals surface area contributed by atoms with Gasteiger partial charge in [0.25, 0.3) is 0 Å². The summed E-state index contributed by atoms with van der Waals surface area (Å²) in [5.74, 6) is -0.380. The van der Waals surface area contributed by atoms with Crippen molar-refractivity contribution >= 4 is 33.2 Å². The quantitative estimate of drug-likeness (QED) is 0.936. The van der Waals surface area contributed by atoms with E-state index in [1.54, 1.807) is 0 Å². The monoisotopic (exact) mass is 287 g/mol. The fourth-order valence-electron chi connectivity index (χ4n) is 1.16. The van der Waals surface area contributed by atoms with E-state index in [4.69, 9.17) is 5.11 Å². The van der Waals surface area contributed by atoms with Gasteiger partial charge < -0.3 is 5.11 Å². The molecule has 0 aliphatic rings. The fourth-order valence-corrected chi connectivity index (χ4v) is 2.15. The molecule has 0 aliphatic carbocycles. The van der Waals surface area contributed by atoms with Crippen LogP contribution in [0, 0.1) is 0 Å². The Hall–Kier alpha value is -1.21. The molecule has 0 spiro atoms. The first-order chi connectivity index (χ1) is 7.16. The first-order valence-corrected chi connectivity index (χ1v) is 5.75. The van der Waals surface area contributed by atoms with Gasteiger partial charge >= 0.3 is 5.97 Å². The van der Waals surface area contributed by atoms with Gasteiger partial charge in [-0.05, 0) is 27.4 Å². The average Bonchev–Trinajstić information content (AvgIpc) is 2.72. The number of rotatable bonds is 3. The zero-order valence-corrected chi connectivity index (χ0v) is 9.82. The lowest BCUT2D eigenvalue weighted by atomic mass is 10.3. The second-order valence-electron chi connectivity index (χ2n) is 2.77. The highest BCUT2D eigenvalue weighted by atomic mass is 79.9. The van der Waals surface area contributed by atoms with Crippen LogP contribution in [0.25, 0.3) is 11.4 Å². The Balaban J connectivity index is 2.42. The summed E-state index contributed by atoms with van der Waals surface area (Å²) in [6.45, 7) is -0.191. The number of halogens is 1. The number of thiophene rings is 1. The van der Waals surface area contributed by atoms with Crippen LogP contribution in [0.1, 0.15) is 0 Å². The minimum absolute atomic E-state index is 0.191. The van der Waals surface area contributed by atoms with E-state index < -0.39 is 5.97 Å². The molecule has 0 atom stereocenters. The summed E-state index contributed by atoms with van der Waals surface area (Å²) in [5.41, 5.74) is 0.874. The normalized spacial score (nSPS) is 10.5. The van der Waals surface area contributed by atoms with E-state index in [1.807, 2.05) is 16.8 Å². The van der Waals surface area contributed by atoms with E-state index in [-0.39, 0.29) is 6.54 Å². The molecule has 0 amide bonds. The molecule has 2 aromatic heterocycles. The van der Waals surface area contributed by atoms with Crippen molar-refractivity contribution in [2.75, 3.05) is 0 Å². The van der Waals surface area contributed by atoms with Crippen LogP contribution < -0.4 is 0 Å². The van der Waals surface area contributed by atoms with Crippen molar-refractivity contribution in [3.05, 3.63) is 21.6 Å². The molecule has 7 heteroatoms. The summed E-state index contributed by atoms with van der Waals surface area (Å²) in [7, 11) is 0.